The Morgan fingerprint density at radius 1 is 1.13 bits per heavy atom. The zero-order chi connectivity index (χ0) is 27.2. The number of hydrogen-bond donors (Lipinski definition) is 4. The van der Waals surface area contributed by atoms with Gasteiger partial charge in [0.2, 0.25) is 11.8 Å². The molecule has 2 aliphatic rings. The van der Waals surface area contributed by atoms with Gasteiger partial charge in [-0.15, -0.1) is 11.3 Å². The van der Waals surface area contributed by atoms with Gasteiger partial charge in [0.15, 0.2) is 11.6 Å². The van der Waals surface area contributed by atoms with Gasteiger partial charge in [-0.1, -0.05) is 23.4 Å². The third kappa shape index (κ3) is 6.30. The van der Waals surface area contributed by atoms with Crippen LogP contribution in [0.3, 0.4) is 0 Å². The zero-order valence-corrected chi connectivity index (χ0v) is 21.9. The van der Waals surface area contributed by atoms with Crippen LogP contribution in [0.2, 0.25) is 0 Å². The fourth-order valence-electron chi connectivity index (χ4n) is 4.54. The minimum absolute atomic E-state index is 0.000255. The summed E-state index contributed by atoms with van der Waals surface area (Å²) in [4.78, 5) is 28.8. The van der Waals surface area contributed by atoms with Gasteiger partial charge in [-0.25, -0.2) is 0 Å². The Labute approximate surface area is 229 Å². The SMILES string of the molecule is N/C(=N\O)c1csc(CNC(=O)[C@@H]2CC3(CN2C(=O)CNc2ccc(Oc4ccccc4)cc2)OCCO3)c1. The molecule has 204 valence electrons. The number of thiophene rings is 1. The molecule has 0 bridgehead atoms. The molecule has 12 heteroatoms. The molecule has 1 atom stereocenters. The molecular formula is C27H29N5O6S. The lowest BCUT2D eigenvalue weighted by molar-refractivity contribution is -0.151. The number of rotatable bonds is 9. The lowest BCUT2D eigenvalue weighted by atomic mass is 10.1. The van der Waals surface area contributed by atoms with Crippen molar-refractivity contribution in [3.8, 4) is 11.5 Å². The number of carbonyl (C=O) groups is 2. The van der Waals surface area contributed by atoms with Crippen LogP contribution < -0.4 is 21.1 Å². The number of amides is 2. The lowest BCUT2D eigenvalue weighted by Crippen LogP contribution is -2.47. The van der Waals surface area contributed by atoms with Gasteiger partial charge in [0.1, 0.15) is 17.5 Å². The van der Waals surface area contributed by atoms with Crippen LogP contribution in [0.4, 0.5) is 5.69 Å². The standard InChI is InChI=1S/C27H29N5O6S/c28-25(31-35)18-12-22(39-16-18)14-30-26(34)23-13-27(36-10-11-37-27)17-32(23)24(33)15-29-19-6-8-21(9-7-19)38-20-4-2-1-3-5-20/h1-9,12,16,23,29,35H,10-11,13-15,17H2,(H2,28,31)(H,30,34)/t23-/m0/s1. The molecule has 11 nitrogen and oxygen atoms in total. The van der Waals surface area contributed by atoms with E-state index in [1.165, 1.54) is 16.2 Å². The van der Waals surface area contributed by atoms with E-state index in [1.54, 1.807) is 11.4 Å². The first-order valence-electron chi connectivity index (χ1n) is 12.4. The van der Waals surface area contributed by atoms with E-state index >= 15 is 0 Å². The van der Waals surface area contributed by atoms with Gasteiger partial charge in [0, 0.05) is 27.9 Å². The second kappa shape index (κ2) is 11.7. The number of nitrogens with one attached hydrogen (secondary N) is 2. The number of para-hydroxylation sites is 1. The van der Waals surface area contributed by atoms with Crippen LogP contribution in [0.1, 0.15) is 16.9 Å². The Morgan fingerprint density at radius 2 is 1.85 bits per heavy atom. The summed E-state index contributed by atoms with van der Waals surface area (Å²) in [6, 6.07) is 17.7. The molecule has 0 radical (unpaired) electrons. The van der Waals surface area contributed by atoms with E-state index in [2.05, 4.69) is 15.8 Å². The van der Waals surface area contributed by atoms with Gasteiger partial charge < -0.3 is 40.7 Å². The van der Waals surface area contributed by atoms with Crippen LogP contribution in [-0.4, -0.2) is 65.9 Å². The van der Waals surface area contributed by atoms with E-state index in [0.717, 1.165) is 16.3 Å². The topological polar surface area (TPSA) is 148 Å². The summed E-state index contributed by atoms with van der Waals surface area (Å²) >= 11 is 1.38. The smallest absolute Gasteiger partial charge is 0.243 e. The molecule has 5 N–H and O–H groups in total. The highest BCUT2D eigenvalue weighted by Gasteiger charge is 2.52. The van der Waals surface area contributed by atoms with Crippen molar-refractivity contribution in [1.82, 2.24) is 10.2 Å². The Morgan fingerprint density at radius 3 is 2.56 bits per heavy atom. The molecular weight excluding hydrogens is 522 g/mol. The first-order chi connectivity index (χ1) is 18.9. The van der Waals surface area contributed by atoms with E-state index in [1.807, 2.05) is 54.6 Å². The number of amidine groups is 1. The Kier molecular flexibility index (Phi) is 7.96. The molecule has 3 heterocycles. The van der Waals surface area contributed by atoms with Gasteiger partial charge in [-0.05, 0) is 42.5 Å². The minimum Gasteiger partial charge on any atom is -0.457 e. The third-order valence-electron chi connectivity index (χ3n) is 6.50. The summed E-state index contributed by atoms with van der Waals surface area (Å²) in [5, 5.41) is 19.6. The number of carbonyl (C=O) groups excluding carboxylic acids is 2. The maximum Gasteiger partial charge on any atom is 0.243 e. The van der Waals surface area contributed by atoms with Crippen molar-refractivity contribution in [2.75, 3.05) is 31.6 Å². The number of oxime groups is 1. The average molecular weight is 552 g/mol. The summed E-state index contributed by atoms with van der Waals surface area (Å²) in [6.07, 6.45) is 0.246. The van der Waals surface area contributed by atoms with Gasteiger partial charge in [0.25, 0.3) is 0 Å². The molecule has 0 saturated carbocycles. The lowest BCUT2D eigenvalue weighted by Gasteiger charge is -2.24. The molecule has 1 spiro atoms. The molecule has 0 aliphatic carbocycles. The maximum absolute atomic E-state index is 13.3. The second-order valence-corrected chi connectivity index (χ2v) is 10.1. The number of hydrogen-bond acceptors (Lipinski definition) is 9. The van der Waals surface area contributed by atoms with Crippen molar-refractivity contribution in [2.24, 2.45) is 10.9 Å². The van der Waals surface area contributed by atoms with Crippen LogP contribution in [0.5, 0.6) is 11.5 Å². The summed E-state index contributed by atoms with van der Waals surface area (Å²) in [7, 11) is 0. The zero-order valence-electron chi connectivity index (χ0n) is 21.0. The monoisotopic (exact) mass is 551 g/mol. The quantitative estimate of drug-likeness (QED) is 0.137. The molecule has 2 saturated heterocycles. The second-order valence-electron chi connectivity index (χ2n) is 9.15. The van der Waals surface area contributed by atoms with E-state index in [4.69, 9.17) is 25.2 Å². The van der Waals surface area contributed by atoms with E-state index < -0.39 is 11.8 Å². The number of benzene rings is 2. The normalized spacial score (nSPS) is 18.3. The molecule has 5 rings (SSSR count). The summed E-state index contributed by atoms with van der Waals surface area (Å²) in [5.41, 5.74) is 6.94. The van der Waals surface area contributed by atoms with E-state index in [0.29, 0.717) is 24.5 Å². The van der Waals surface area contributed by atoms with E-state index in [-0.39, 0.29) is 43.7 Å². The molecule has 1 aromatic heterocycles. The number of anilines is 1. The first-order valence-corrected chi connectivity index (χ1v) is 13.3. The number of nitrogens with two attached hydrogens (primary N) is 1. The van der Waals surface area contributed by atoms with Crippen LogP contribution in [-0.2, 0) is 25.6 Å². The van der Waals surface area contributed by atoms with E-state index in [9.17, 15) is 9.59 Å². The summed E-state index contributed by atoms with van der Waals surface area (Å²) < 4.78 is 17.4. The number of likely N-dealkylation sites (tertiary alicyclic amines) is 1. The molecule has 0 unspecified atom stereocenters. The first kappa shape index (κ1) is 26.5. The summed E-state index contributed by atoms with van der Waals surface area (Å²) in [6.45, 7) is 1.23. The van der Waals surface area contributed by atoms with Gasteiger partial charge in [0.05, 0.1) is 32.8 Å². The van der Waals surface area contributed by atoms with Crippen LogP contribution in [0.25, 0.3) is 0 Å². The van der Waals surface area contributed by atoms with Crippen molar-refractivity contribution < 1.29 is 29.0 Å². The van der Waals surface area contributed by atoms with Crippen molar-refractivity contribution in [3.05, 3.63) is 76.5 Å². The highest BCUT2D eigenvalue weighted by molar-refractivity contribution is 7.10. The van der Waals surface area contributed by atoms with Crippen LogP contribution in [0.15, 0.2) is 71.2 Å². The van der Waals surface area contributed by atoms with Crippen molar-refractivity contribution in [3.63, 3.8) is 0 Å². The third-order valence-corrected chi connectivity index (χ3v) is 7.44. The highest BCUT2D eigenvalue weighted by Crippen LogP contribution is 2.35. The van der Waals surface area contributed by atoms with Crippen molar-refractivity contribution in [2.45, 2.75) is 24.8 Å². The van der Waals surface area contributed by atoms with Gasteiger partial charge in [-0.2, -0.15) is 0 Å². The molecule has 39 heavy (non-hydrogen) atoms. The highest BCUT2D eigenvalue weighted by atomic mass is 32.1. The Hall–Kier alpha value is -4.13. The predicted molar refractivity (Wildman–Crippen MR) is 145 cm³/mol. The predicted octanol–water partition coefficient (Wildman–Crippen LogP) is 2.71. The number of nitrogens with zero attached hydrogens (tertiary/aromatic N) is 2. The molecule has 2 amide bonds. The fraction of sp³-hybridized carbons (Fsp3) is 0.296. The van der Waals surface area contributed by atoms with Crippen molar-refractivity contribution >= 4 is 34.7 Å². The van der Waals surface area contributed by atoms with Crippen LogP contribution >= 0.6 is 11.3 Å². The summed E-state index contributed by atoms with van der Waals surface area (Å²) in [5.74, 6) is -0.118. The molecule has 2 fully saturated rings. The molecule has 3 aromatic rings. The molecule has 2 aliphatic heterocycles. The van der Waals surface area contributed by atoms with Gasteiger partial charge in [-0.3, -0.25) is 9.59 Å². The fourth-order valence-corrected chi connectivity index (χ4v) is 5.36. The minimum atomic E-state index is -0.976. The largest absolute Gasteiger partial charge is 0.457 e. The van der Waals surface area contributed by atoms with Crippen molar-refractivity contribution in [1.29, 1.82) is 0 Å². The maximum atomic E-state index is 13.3. The molecule has 2 aromatic carbocycles. The van der Waals surface area contributed by atoms with Crippen LogP contribution in [0, 0.1) is 0 Å². The average Bonchev–Trinajstić information content (AvgIpc) is 3.72. The Balaban J connectivity index is 1.19. The number of ether oxygens (including phenoxy) is 3. The van der Waals surface area contributed by atoms with Gasteiger partial charge >= 0.3 is 0 Å². The Bertz CT molecular complexity index is 1320.